The third-order valence-electron chi connectivity index (χ3n) is 5.80. The summed E-state index contributed by atoms with van der Waals surface area (Å²) in [6.07, 6.45) is 23.6. The molecule has 0 aromatic heterocycles. The Hall–Kier alpha value is -0.590. The second-order valence-electron chi connectivity index (χ2n) is 8.07. The maximum atomic E-state index is 12.3. The summed E-state index contributed by atoms with van der Waals surface area (Å²) in [6.45, 7) is 10.2. The number of hydrogen-bond donors (Lipinski definition) is 0. The number of rotatable bonds is 19. The lowest BCUT2D eigenvalue weighted by Gasteiger charge is -2.30. The van der Waals surface area contributed by atoms with Crippen molar-refractivity contribution in [2.45, 2.75) is 130 Å². The summed E-state index contributed by atoms with van der Waals surface area (Å²) in [7, 11) is 0. The number of carbonyl (C=O) groups excluding carboxylic acids is 1. The second-order valence-corrected chi connectivity index (χ2v) is 8.07. The summed E-state index contributed by atoms with van der Waals surface area (Å²) in [6, 6.07) is 0. The van der Waals surface area contributed by atoms with Crippen molar-refractivity contribution < 1.29 is 4.79 Å². The van der Waals surface area contributed by atoms with Crippen molar-refractivity contribution in [2.24, 2.45) is 5.41 Å². The predicted octanol–water partition coefficient (Wildman–Crippen LogP) is 8.42. The average Bonchev–Trinajstić information content (AvgIpc) is 2.59. The minimum absolute atomic E-state index is 0.115. The number of allylic oxidation sites excluding steroid dienone is 1. The van der Waals surface area contributed by atoms with Gasteiger partial charge in [-0.25, -0.2) is 0 Å². The molecule has 1 atom stereocenters. The first-order valence-electron chi connectivity index (χ1n) is 11.2. The van der Waals surface area contributed by atoms with E-state index < -0.39 is 0 Å². The molecule has 0 spiro atoms. The van der Waals surface area contributed by atoms with E-state index in [9.17, 15) is 4.79 Å². The summed E-state index contributed by atoms with van der Waals surface area (Å²) in [4.78, 5) is 12.3. The molecule has 0 aromatic rings. The molecule has 0 aliphatic carbocycles. The van der Waals surface area contributed by atoms with E-state index >= 15 is 0 Å². The summed E-state index contributed by atoms with van der Waals surface area (Å²) in [5, 5.41) is 0. The van der Waals surface area contributed by atoms with Gasteiger partial charge in [0.05, 0.1) is 0 Å². The van der Waals surface area contributed by atoms with Gasteiger partial charge < -0.3 is 0 Å². The van der Waals surface area contributed by atoms with Crippen LogP contribution in [0.5, 0.6) is 0 Å². The van der Waals surface area contributed by atoms with E-state index in [1.807, 2.05) is 6.08 Å². The lowest BCUT2D eigenvalue weighted by molar-refractivity contribution is -0.127. The molecule has 0 aromatic carbocycles. The molecular formula is C24H46O. The highest BCUT2D eigenvalue weighted by Crippen LogP contribution is 2.36. The van der Waals surface area contributed by atoms with Crippen LogP contribution in [0.4, 0.5) is 0 Å². The standard InChI is InChI=1S/C24H46O/c1-5-8-10-11-12-13-14-15-16-17-19-22-24(20-7-3,23(4)25)21-18-9-6-2/h7H,3,5-6,8-22H2,1-2,4H3. The Labute approximate surface area is 159 Å². The lowest BCUT2D eigenvalue weighted by atomic mass is 9.72. The van der Waals surface area contributed by atoms with Gasteiger partial charge in [-0.15, -0.1) is 6.58 Å². The Morgan fingerprint density at radius 2 is 1.08 bits per heavy atom. The molecule has 148 valence electrons. The number of hydrogen-bond acceptors (Lipinski definition) is 1. The number of unbranched alkanes of at least 4 members (excludes halogenated alkanes) is 12. The molecule has 0 saturated carbocycles. The van der Waals surface area contributed by atoms with E-state index in [2.05, 4.69) is 20.4 Å². The van der Waals surface area contributed by atoms with Crippen LogP contribution in [0.2, 0.25) is 0 Å². The second kappa shape index (κ2) is 16.9. The monoisotopic (exact) mass is 350 g/mol. The number of ketones is 1. The van der Waals surface area contributed by atoms with E-state index in [0.717, 1.165) is 19.3 Å². The first kappa shape index (κ1) is 24.4. The highest BCUT2D eigenvalue weighted by molar-refractivity contribution is 5.82. The molecule has 1 heteroatoms. The third kappa shape index (κ3) is 12.4. The lowest BCUT2D eigenvalue weighted by Crippen LogP contribution is -2.29. The highest BCUT2D eigenvalue weighted by atomic mass is 16.1. The van der Waals surface area contributed by atoms with Gasteiger partial charge in [0, 0.05) is 5.41 Å². The first-order chi connectivity index (χ1) is 12.1. The third-order valence-corrected chi connectivity index (χ3v) is 5.80. The fourth-order valence-corrected chi connectivity index (χ4v) is 3.94. The normalized spacial score (nSPS) is 13.6. The fraction of sp³-hybridized carbons (Fsp3) is 0.875. The predicted molar refractivity (Wildman–Crippen MR) is 113 cm³/mol. The number of Topliss-reactive ketones (excluding diaryl/α,β-unsaturated/α-hetero) is 1. The van der Waals surface area contributed by atoms with Crippen LogP contribution in [0, 0.1) is 5.41 Å². The molecule has 0 bridgehead atoms. The Balaban J connectivity index is 3.90. The van der Waals surface area contributed by atoms with Gasteiger partial charge in [0.15, 0.2) is 0 Å². The van der Waals surface area contributed by atoms with Crippen molar-refractivity contribution >= 4 is 5.78 Å². The van der Waals surface area contributed by atoms with Gasteiger partial charge in [-0.1, -0.05) is 110 Å². The van der Waals surface area contributed by atoms with E-state index in [0.29, 0.717) is 5.78 Å². The molecule has 0 rings (SSSR count). The topological polar surface area (TPSA) is 17.1 Å². The molecule has 1 nitrogen and oxygen atoms in total. The maximum absolute atomic E-state index is 12.3. The zero-order valence-electron chi connectivity index (χ0n) is 17.7. The van der Waals surface area contributed by atoms with Gasteiger partial charge in [0.25, 0.3) is 0 Å². The summed E-state index contributed by atoms with van der Waals surface area (Å²) in [5.41, 5.74) is -0.115. The largest absolute Gasteiger partial charge is 0.299 e. The first-order valence-corrected chi connectivity index (χ1v) is 11.2. The zero-order valence-corrected chi connectivity index (χ0v) is 17.7. The van der Waals surface area contributed by atoms with Crippen molar-refractivity contribution in [3.05, 3.63) is 12.7 Å². The summed E-state index contributed by atoms with van der Waals surface area (Å²) >= 11 is 0. The van der Waals surface area contributed by atoms with Crippen LogP contribution in [0.25, 0.3) is 0 Å². The minimum Gasteiger partial charge on any atom is -0.299 e. The Kier molecular flexibility index (Phi) is 16.5. The van der Waals surface area contributed by atoms with E-state index in [1.165, 1.54) is 89.9 Å². The van der Waals surface area contributed by atoms with E-state index in [1.54, 1.807) is 6.92 Å². The van der Waals surface area contributed by atoms with Crippen molar-refractivity contribution in [1.29, 1.82) is 0 Å². The van der Waals surface area contributed by atoms with Crippen LogP contribution >= 0.6 is 0 Å². The quantitative estimate of drug-likeness (QED) is 0.169. The molecule has 0 radical (unpaired) electrons. The molecular weight excluding hydrogens is 304 g/mol. The Morgan fingerprint density at radius 1 is 0.720 bits per heavy atom. The zero-order chi connectivity index (χ0) is 18.8. The summed E-state index contributed by atoms with van der Waals surface area (Å²) < 4.78 is 0. The molecule has 0 aliphatic rings. The van der Waals surface area contributed by atoms with Crippen LogP contribution in [0.1, 0.15) is 130 Å². The van der Waals surface area contributed by atoms with Gasteiger partial charge in [-0.2, -0.15) is 0 Å². The molecule has 1 unspecified atom stereocenters. The average molecular weight is 351 g/mol. The Morgan fingerprint density at radius 3 is 1.48 bits per heavy atom. The Bertz CT molecular complexity index is 320. The summed E-state index contributed by atoms with van der Waals surface area (Å²) in [5.74, 6) is 0.385. The van der Waals surface area contributed by atoms with Crippen LogP contribution in [-0.2, 0) is 4.79 Å². The van der Waals surface area contributed by atoms with Gasteiger partial charge in [0.2, 0.25) is 0 Å². The van der Waals surface area contributed by atoms with Gasteiger partial charge >= 0.3 is 0 Å². The SMILES string of the molecule is C=CCC(CCCCC)(CCCCCCCCCCCCC)C(C)=O. The number of carbonyl (C=O) groups is 1. The fourth-order valence-electron chi connectivity index (χ4n) is 3.94. The minimum atomic E-state index is -0.115. The van der Waals surface area contributed by atoms with Crippen molar-refractivity contribution in [2.75, 3.05) is 0 Å². The van der Waals surface area contributed by atoms with Crippen molar-refractivity contribution in [3.8, 4) is 0 Å². The smallest absolute Gasteiger partial charge is 0.136 e. The van der Waals surface area contributed by atoms with Gasteiger partial charge in [-0.3, -0.25) is 4.79 Å². The van der Waals surface area contributed by atoms with Gasteiger partial charge in [0.1, 0.15) is 5.78 Å². The van der Waals surface area contributed by atoms with Crippen molar-refractivity contribution in [3.63, 3.8) is 0 Å². The van der Waals surface area contributed by atoms with Crippen molar-refractivity contribution in [1.82, 2.24) is 0 Å². The van der Waals surface area contributed by atoms with Crippen LogP contribution in [-0.4, -0.2) is 5.78 Å². The molecule has 0 heterocycles. The van der Waals surface area contributed by atoms with E-state index in [4.69, 9.17) is 0 Å². The molecule has 0 saturated heterocycles. The molecule has 25 heavy (non-hydrogen) atoms. The van der Waals surface area contributed by atoms with Crippen LogP contribution in [0.15, 0.2) is 12.7 Å². The van der Waals surface area contributed by atoms with E-state index in [-0.39, 0.29) is 5.41 Å². The van der Waals surface area contributed by atoms with Gasteiger partial charge in [-0.05, 0) is 26.2 Å². The highest BCUT2D eigenvalue weighted by Gasteiger charge is 2.32. The molecule has 0 aliphatic heterocycles. The van der Waals surface area contributed by atoms with Crippen LogP contribution < -0.4 is 0 Å². The van der Waals surface area contributed by atoms with Crippen LogP contribution in [0.3, 0.4) is 0 Å². The molecule has 0 amide bonds. The molecule has 0 N–H and O–H groups in total. The maximum Gasteiger partial charge on any atom is 0.136 e. The molecule has 0 fully saturated rings.